The number of carbonyl (C=O) groups is 1. The SMILES string of the molecule is Cc1ccc(CCN(C(=O)C(NCC2OCCO2)c2ccccc2)c2ccc(C)c(C)c2)cc1. The van der Waals surface area contributed by atoms with Gasteiger partial charge in [0.1, 0.15) is 6.04 Å². The molecule has 0 saturated carbocycles. The highest BCUT2D eigenvalue weighted by Crippen LogP contribution is 2.25. The van der Waals surface area contributed by atoms with Gasteiger partial charge in [0.05, 0.1) is 13.2 Å². The van der Waals surface area contributed by atoms with Crippen molar-refractivity contribution < 1.29 is 14.3 Å². The number of carbonyl (C=O) groups excluding carboxylic acids is 1. The molecule has 3 aromatic rings. The van der Waals surface area contributed by atoms with E-state index in [2.05, 4.69) is 62.5 Å². The summed E-state index contributed by atoms with van der Waals surface area (Å²) < 4.78 is 11.2. The van der Waals surface area contributed by atoms with Gasteiger partial charge in [0.2, 0.25) is 5.91 Å². The molecule has 0 aliphatic carbocycles. The van der Waals surface area contributed by atoms with Crippen LogP contribution in [0.3, 0.4) is 0 Å². The zero-order valence-corrected chi connectivity index (χ0v) is 20.3. The second-order valence-electron chi connectivity index (χ2n) is 8.92. The molecule has 1 aliphatic heterocycles. The third-order valence-electron chi connectivity index (χ3n) is 6.37. The van der Waals surface area contributed by atoms with E-state index >= 15 is 0 Å². The number of hydrogen-bond donors (Lipinski definition) is 1. The Morgan fingerprint density at radius 2 is 1.65 bits per heavy atom. The van der Waals surface area contributed by atoms with Crippen LogP contribution in [0, 0.1) is 20.8 Å². The van der Waals surface area contributed by atoms with E-state index < -0.39 is 6.04 Å². The summed E-state index contributed by atoms with van der Waals surface area (Å²) in [5.41, 5.74) is 6.66. The van der Waals surface area contributed by atoms with Crippen molar-refractivity contribution in [2.24, 2.45) is 0 Å². The molecule has 34 heavy (non-hydrogen) atoms. The van der Waals surface area contributed by atoms with Gasteiger partial charge >= 0.3 is 0 Å². The smallest absolute Gasteiger partial charge is 0.248 e. The molecule has 0 bridgehead atoms. The minimum Gasteiger partial charge on any atom is -0.349 e. The van der Waals surface area contributed by atoms with Gasteiger partial charge in [0.25, 0.3) is 0 Å². The monoisotopic (exact) mass is 458 g/mol. The van der Waals surface area contributed by atoms with Gasteiger partial charge in [-0.05, 0) is 61.6 Å². The van der Waals surface area contributed by atoms with Gasteiger partial charge in [0.15, 0.2) is 6.29 Å². The van der Waals surface area contributed by atoms with Gasteiger partial charge in [-0.2, -0.15) is 0 Å². The van der Waals surface area contributed by atoms with Crippen LogP contribution in [0.4, 0.5) is 5.69 Å². The maximum absolute atomic E-state index is 14.1. The van der Waals surface area contributed by atoms with E-state index in [4.69, 9.17) is 9.47 Å². The first-order valence-electron chi connectivity index (χ1n) is 12.0. The molecule has 178 valence electrons. The van der Waals surface area contributed by atoms with Crippen molar-refractivity contribution in [3.05, 3.63) is 101 Å². The summed E-state index contributed by atoms with van der Waals surface area (Å²) in [7, 11) is 0. The number of benzene rings is 3. The lowest BCUT2D eigenvalue weighted by Crippen LogP contribution is -2.44. The number of hydrogen-bond acceptors (Lipinski definition) is 4. The maximum atomic E-state index is 14.1. The Bertz CT molecular complexity index is 1080. The molecule has 3 aromatic carbocycles. The first-order valence-corrected chi connectivity index (χ1v) is 12.0. The third kappa shape index (κ3) is 6.11. The molecule has 4 rings (SSSR count). The fourth-order valence-corrected chi connectivity index (χ4v) is 4.14. The van der Waals surface area contributed by atoms with Crippen LogP contribution < -0.4 is 10.2 Å². The first kappa shape index (κ1) is 24.1. The van der Waals surface area contributed by atoms with E-state index in [1.54, 1.807) is 0 Å². The number of ether oxygens (including phenoxy) is 2. The molecule has 1 saturated heterocycles. The second-order valence-corrected chi connectivity index (χ2v) is 8.92. The topological polar surface area (TPSA) is 50.8 Å². The standard InChI is InChI=1S/C29H34N2O3/c1-21-9-12-24(13-10-21)15-16-31(26-14-11-22(2)23(3)19-26)29(32)28(25-7-5-4-6-8-25)30-20-27-33-17-18-34-27/h4-14,19,27-28,30H,15-18,20H2,1-3H3. The summed E-state index contributed by atoms with van der Waals surface area (Å²) in [4.78, 5) is 16.0. The maximum Gasteiger partial charge on any atom is 0.248 e. The van der Waals surface area contributed by atoms with E-state index in [-0.39, 0.29) is 12.2 Å². The zero-order chi connectivity index (χ0) is 23.9. The van der Waals surface area contributed by atoms with Crippen molar-refractivity contribution in [1.29, 1.82) is 0 Å². The quantitative estimate of drug-likeness (QED) is 0.496. The van der Waals surface area contributed by atoms with Gasteiger partial charge in [-0.3, -0.25) is 10.1 Å². The molecular formula is C29H34N2O3. The van der Waals surface area contributed by atoms with Crippen LogP contribution in [0.15, 0.2) is 72.8 Å². The van der Waals surface area contributed by atoms with Crippen LogP contribution in [-0.4, -0.2) is 38.5 Å². The Morgan fingerprint density at radius 3 is 2.32 bits per heavy atom. The third-order valence-corrected chi connectivity index (χ3v) is 6.37. The van der Waals surface area contributed by atoms with Crippen LogP contribution in [0.1, 0.15) is 33.9 Å². The molecule has 0 radical (unpaired) electrons. The molecule has 1 fully saturated rings. The Hall–Kier alpha value is -2.99. The van der Waals surface area contributed by atoms with Crippen molar-refractivity contribution in [2.75, 3.05) is 31.2 Å². The summed E-state index contributed by atoms with van der Waals surface area (Å²) in [5.74, 6) is 0.0135. The van der Waals surface area contributed by atoms with E-state index in [0.29, 0.717) is 26.3 Å². The van der Waals surface area contributed by atoms with E-state index in [0.717, 1.165) is 17.7 Å². The predicted molar refractivity (Wildman–Crippen MR) is 136 cm³/mol. The fourth-order valence-electron chi connectivity index (χ4n) is 4.14. The van der Waals surface area contributed by atoms with Gasteiger partial charge in [0, 0.05) is 18.8 Å². The average Bonchev–Trinajstić information content (AvgIpc) is 3.37. The van der Waals surface area contributed by atoms with Crippen LogP contribution >= 0.6 is 0 Å². The number of nitrogens with one attached hydrogen (secondary N) is 1. The Kier molecular flexibility index (Phi) is 8.12. The van der Waals surface area contributed by atoms with Crippen LogP contribution in [0.5, 0.6) is 0 Å². The molecule has 1 unspecified atom stereocenters. The van der Waals surface area contributed by atoms with Crippen LogP contribution in [0.25, 0.3) is 0 Å². The Balaban J connectivity index is 1.62. The summed E-state index contributed by atoms with van der Waals surface area (Å²) in [6.07, 6.45) is 0.441. The van der Waals surface area contributed by atoms with Crippen molar-refractivity contribution >= 4 is 11.6 Å². The highest BCUT2D eigenvalue weighted by Gasteiger charge is 2.28. The summed E-state index contributed by atoms with van der Waals surface area (Å²) in [6, 6.07) is 24.1. The molecule has 0 spiro atoms. The number of rotatable bonds is 9. The largest absolute Gasteiger partial charge is 0.349 e. The molecule has 1 heterocycles. The average molecular weight is 459 g/mol. The van der Waals surface area contributed by atoms with E-state index in [9.17, 15) is 4.79 Å². The number of aryl methyl sites for hydroxylation is 3. The highest BCUT2D eigenvalue weighted by molar-refractivity contribution is 5.98. The lowest BCUT2D eigenvalue weighted by atomic mass is 10.0. The molecule has 5 heteroatoms. The minimum absolute atomic E-state index is 0.0135. The second kappa shape index (κ2) is 11.4. The van der Waals surface area contributed by atoms with Crippen molar-refractivity contribution in [2.45, 2.75) is 39.5 Å². The van der Waals surface area contributed by atoms with Gasteiger partial charge < -0.3 is 14.4 Å². The summed E-state index contributed by atoms with van der Waals surface area (Å²) in [5, 5.41) is 3.42. The minimum atomic E-state index is -0.506. The lowest BCUT2D eigenvalue weighted by Gasteiger charge is -2.29. The molecular weight excluding hydrogens is 424 g/mol. The Labute approximate surface area is 202 Å². The highest BCUT2D eigenvalue weighted by atomic mass is 16.7. The molecule has 1 aliphatic rings. The zero-order valence-electron chi connectivity index (χ0n) is 20.3. The molecule has 5 nitrogen and oxygen atoms in total. The van der Waals surface area contributed by atoms with Gasteiger partial charge in [-0.15, -0.1) is 0 Å². The molecule has 1 N–H and O–H groups in total. The fraction of sp³-hybridized carbons (Fsp3) is 0.345. The lowest BCUT2D eigenvalue weighted by molar-refractivity contribution is -0.121. The van der Waals surface area contributed by atoms with E-state index in [1.807, 2.05) is 41.3 Å². The number of amides is 1. The summed E-state index contributed by atoms with van der Waals surface area (Å²) >= 11 is 0. The van der Waals surface area contributed by atoms with Crippen molar-refractivity contribution in [3.63, 3.8) is 0 Å². The normalized spacial score (nSPS) is 14.8. The number of anilines is 1. The van der Waals surface area contributed by atoms with Gasteiger partial charge in [-0.25, -0.2) is 0 Å². The Morgan fingerprint density at radius 1 is 0.941 bits per heavy atom. The van der Waals surface area contributed by atoms with Crippen LogP contribution in [-0.2, 0) is 20.7 Å². The molecule has 0 aromatic heterocycles. The van der Waals surface area contributed by atoms with Gasteiger partial charge in [-0.1, -0.05) is 66.2 Å². The molecule has 1 atom stereocenters. The van der Waals surface area contributed by atoms with Crippen LogP contribution in [0.2, 0.25) is 0 Å². The first-order chi connectivity index (χ1) is 16.5. The van der Waals surface area contributed by atoms with E-state index in [1.165, 1.54) is 22.3 Å². The predicted octanol–water partition coefficient (Wildman–Crippen LogP) is 4.89. The molecule has 1 amide bonds. The van der Waals surface area contributed by atoms with Crippen molar-refractivity contribution in [1.82, 2.24) is 5.32 Å². The van der Waals surface area contributed by atoms with Crippen molar-refractivity contribution in [3.8, 4) is 0 Å². The number of nitrogens with zero attached hydrogens (tertiary/aromatic N) is 1. The summed E-state index contributed by atoms with van der Waals surface area (Å²) in [6.45, 7) is 8.47.